The summed E-state index contributed by atoms with van der Waals surface area (Å²) in [5, 5.41) is 3.49. The monoisotopic (exact) mass is 597 g/mol. The normalized spacial score (nSPS) is 12.2. The van der Waals surface area contributed by atoms with Gasteiger partial charge >= 0.3 is 0 Å². The van der Waals surface area contributed by atoms with Gasteiger partial charge in [-0.05, 0) is 86.2 Å². The Kier molecular flexibility index (Phi) is 11.0. The molecule has 7 nitrogen and oxygen atoms in total. The fraction of sp³-hybridized carbons (Fsp3) is 0.375. The largest absolute Gasteiger partial charge is 0.354 e. The summed E-state index contributed by atoms with van der Waals surface area (Å²) in [4.78, 5) is 29.0. The second kappa shape index (κ2) is 14.0. The molecule has 0 saturated heterocycles. The maximum Gasteiger partial charge on any atom is 0.264 e. The number of rotatable bonds is 12. The number of aryl methyl sites for hydroxylation is 3. The molecule has 3 rings (SSSR count). The molecule has 0 heterocycles. The predicted molar refractivity (Wildman–Crippen MR) is 166 cm³/mol. The number of halogens is 1. The summed E-state index contributed by atoms with van der Waals surface area (Å²) in [6.07, 6.45) is 0.359. The number of carbonyl (C=O) groups excluding carboxylic acids is 2. The number of sulfonamides is 1. The van der Waals surface area contributed by atoms with E-state index in [0.717, 1.165) is 26.6 Å². The van der Waals surface area contributed by atoms with Gasteiger partial charge in [-0.15, -0.1) is 0 Å². The van der Waals surface area contributed by atoms with E-state index >= 15 is 0 Å². The van der Waals surface area contributed by atoms with E-state index in [1.54, 1.807) is 60.7 Å². The van der Waals surface area contributed by atoms with Crippen LogP contribution >= 0.6 is 11.6 Å². The Morgan fingerprint density at radius 3 is 2.10 bits per heavy atom. The van der Waals surface area contributed by atoms with E-state index in [9.17, 15) is 18.0 Å². The summed E-state index contributed by atoms with van der Waals surface area (Å²) in [6.45, 7) is 11.7. The number of hydrogen-bond acceptors (Lipinski definition) is 4. The molecule has 3 aromatic carbocycles. The third kappa shape index (κ3) is 8.33. The molecule has 0 aromatic heterocycles. The van der Waals surface area contributed by atoms with E-state index in [-0.39, 0.29) is 23.3 Å². The molecule has 1 atom stereocenters. The molecule has 0 radical (unpaired) electrons. The Balaban J connectivity index is 2.06. The van der Waals surface area contributed by atoms with Crippen LogP contribution in [0.3, 0.4) is 0 Å². The van der Waals surface area contributed by atoms with E-state index < -0.39 is 28.5 Å². The summed E-state index contributed by atoms with van der Waals surface area (Å²) in [6, 6.07) is 18.1. The van der Waals surface area contributed by atoms with E-state index in [1.165, 1.54) is 4.90 Å². The van der Waals surface area contributed by atoms with Crippen LogP contribution in [0, 0.1) is 26.7 Å². The molecule has 220 valence electrons. The van der Waals surface area contributed by atoms with Crippen molar-refractivity contribution in [2.24, 2.45) is 5.92 Å². The highest BCUT2D eigenvalue weighted by Gasteiger charge is 2.33. The summed E-state index contributed by atoms with van der Waals surface area (Å²) in [5.41, 5.74) is 3.98. The number of anilines is 1. The van der Waals surface area contributed by atoms with Gasteiger partial charge in [0.05, 0.1) is 10.6 Å². The van der Waals surface area contributed by atoms with Gasteiger partial charge in [-0.2, -0.15) is 0 Å². The molecule has 3 aromatic rings. The van der Waals surface area contributed by atoms with Crippen molar-refractivity contribution in [1.82, 2.24) is 10.2 Å². The standard InChI is InChI=1S/C32H40ClN3O4S/c1-7-30(32(38)34-19-22(2)3)35(20-26-11-13-27(33)14-12-26)31(37)21-36(28-15-10-24(5)25(6)18-28)41(39,40)29-16-8-23(4)9-17-29/h8-18,22,30H,7,19-21H2,1-6H3,(H,34,38)/t30-/m0/s1. The fourth-order valence-corrected chi connectivity index (χ4v) is 5.91. The molecule has 0 aliphatic rings. The summed E-state index contributed by atoms with van der Waals surface area (Å²) >= 11 is 6.08. The zero-order valence-corrected chi connectivity index (χ0v) is 26.2. The third-order valence-corrected chi connectivity index (χ3v) is 9.04. The third-order valence-electron chi connectivity index (χ3n) is 7.00. The Bertz CT molecular complexity index is 1460. The molecule has 0 saturated carbocycles. The first kappa shape index (κ1) is 32.2. The van der Waals surface area contributed by atoms with Gasteiger partial charge in [-0.1, -0.05) is 68.3 Å². The van der Waals surface area contributed by atoms with Crippen LogP contribution in [0.4, 0.5) is 5.69 Å². The molecule has 9 heteroatoms. The van der Waals surface area contributed by atoms with E-state index in [4.69, 9.17) is 11.6 Å². The number of nitrogens with zero attached hydrogens (tertiary/aromatic N) is 2. The Labute approximate surface area is 249 Å². The first-order chi connectivity index (χ1) is 19.3. The molecule has 0 aliphatic heterocycles. The summed E-state index contributed by atoms with van der Waals surface area (Å²) in [7, 11) is -4.11. The molecule has 2 amide bonds. The minimum absolute atomic E-state index is 0.0834. The number of carbonyl (C=O) groups is 2. The molecule has 41 heavy (non-hydrogen) atoms. The lowest BCUT2D eigenvalue weighted by Gasteiger charge is -2.33. The molecule has 0 spiro atoms. The first-order valence-electron chi connectivity index (χ1n) is 13.8. The van der Waals surface area contributed by atoms with Crippen molar-refractivity contribution in [1.29, 1.82) is 0 Å². The van der Waals surface area contributed by atoms with Crippen LogP contribution in [0.2, 0.25) is 5.02 Å². The Morgan fingerprint density at radius 2 is 1.54 bits per heavy atom. The van der Waals surface area contributed by atoms with Crippen molar-refractivity contribution >= 4 is 39.1 Å². The van der Waals surface area contributed by atoms with Crippen molar-refractivity contribution in [2.45, 2.75) is 65.4 Å². The highest BCUT2D eigenvalue weighted by molar-refractivity contribution is 7.92. The van der Waals surface area contributed by atoms with Crippen LogP contribution in [0.1, 0.15) is 49.4 Å². The van der Waals surface area contributed by atoms with Crippen LogP contribution in [0.5, 0.6) is 0 Å². The highest BCUT2D eigenvalue weighted by atomic mass is 35.5. The molecule has 1 N–H and O–H groups in total. The van der Waals surface area contributed by atoms with Gasteiger partial charge < -0.3 is 10.2 Å². The Morgan fingerprint density at radius 1 is 0.902 bits per heavy atom. The van der Waals surface area contributed by atoms with Crippen molar-refractivity contribution in [3.05, 3.63) is 94.0 Å². The zero-order chi connectivity index (χ0) is 30.3. The van der Waals surface area contributed by atoms with E-state index in [0.29, 0.717) is 23.7 Å². The molecule has 0 aliphatic carbocycles. The Hall–Kier alpha value is -3.36. The zero-order valence-electron chi connectivity index (χ0n) is 24.6. The minimum Gasteiger partial charge on any atom is -0.354 e. The second-order valence-electron chi connectivity index (χ2n) is 10.8. The number of benzene rings is 3. The first-order valence-corrected chi connectivity index (χ1v) is 15.6. The molecule has 0 fully saturated rings. The van der Waals surface area contributed by atoms with Crippen LogP contribution in [0.15, 0.2) is 71.6 Å². The smallest absolute Gasteiger partial charge is 0.264 e. The minimum atomic E-state index is -4.11. The van der Waals surface area contributed by atoms with Gasteiger partial charge in [0.1, 0.15) is 12.6 Å². The topological polar surface area (TPSA) is 86.8 Å². The summed E-state index contributed by atoms with van der Waals surface area (Å²) in [5.74, 6) is -0.528. The van der Waals surface area contributed by atoms with Crippen LogP contribution in [-0.4, -0.2) is 44.3 Å². The maximum atomic E-state index is 14.1. The summed E-state index contributed by atoms with van der Waals surface area (Å²) < 4.78 is 29.2. The fourth-order valence-electron chi connectivity index (χ4n) is 4.38. The van der Waals surface area contributed by atoms with E-state index in [2.05, 4.69) is 5.32 Å². The van der Waals surface area contributed by atoms with Crippen LogP contribution in [-0.2, 0) is 26.2 Å². The average Bonchev–Trinajstić information content (AvgIpc) is 2.93. The van der Waals surface area contributed by atoms with Crippen molar-refractivity contribution < 1.29 is 18.0 Å². The van der Waals surface area contributed by atoms with Crippen molar-refractivity contribution in [3.63, 3.8) is 0 Å². The van der Waals surface area contributed by atoms with Crippen molar-refractivity contribution in [3.8, 4) is 0 Å². The highest BCUT2D eigenvalue weighted by Crippen LogP contribution is 2.27. The quantitative estimate of drug-likeness (QED) is 0.276. The number of nitrogens with one attached hydrogen (secondary N) is 1. The maximum absolute atomic E-state index is 14.1. The van der Waals surface area contributed by atoms with Crippen molar-refractivity contribution in [2.75, 3.05) is 17.4 Å². The van der Waals surface area contributed by atoms with Crippen LogP contribution in [0.25, 0.3) is 0 Å². The van der Waals surface area contributed by atoms with E-state index in [1.807, 2.05) is 47.6 Å². The number of hydrogen-bond donors (Lipinski definition) is 1. The van der Waals surface area contributed by atoms with Gasteiger partial charge in [0.2, 0.25) is 11.8 Å². The lowest BCUT2D eigenvalue weighted by molar-refractivity contribution is -0.140. The molecule has 0 unspecified atom stereocenters. The van der Waals surface area contributed by atoms with Gasteiger partial charge in [-0.25, -0.2) is 8.42 Å². The van der Waals surface area contributed by atoms with Gasteiger partial charge in [-0.3, -0.25) is 13.9 Å². The lowest BCUT2D eigenvalue weighted by Crippen LogP contribution is -2.52. The number of amides is 2. The average molecular weight is 598 g/mol. The molecular formula is C32H40ClN3O4S. The second-order valence-corrected chi connectivity index (χ2v) is 13.1. The van der Waals surface area contributed by atoms with Gasteiger partial charge in [0.15, 0.2) is 0 Å². The van der Waals surface area contributed by atoms with Gasteiger partial charge in [0, 0.05) is 18.1 Å². The van der Waals surface area contributed by atoms with Gasteiger partial charge in [0.25, 0.3) is 10.0 Å². The SMILES string of the molecule is CC[C@@H](C(=O)NCC(C)C)N(Cc1ccc(Cl)cc1)C(=O)CN(c1ccc(C)c(C)c1)S(=O)(=O)c1ccc(C)cc1. The lowest BCUT2D eigenvalue weighted by atomic mass is 10.1. The van der Waals surface area contributed by atoms with Crippen LogP contribution < -0.4 is 9.62 Å². The molecule has 0 bridgehead atoms. The predicted octanol–water partition coefficient (Wildman–Crippen LogP) is 6.04. The molecular weight excluding hydrogens is 558 g/mol.